The lowest BCUT2D eigenvalue weighted by Gasteiger charge is -2.18. The van der Waals surface area contributed by atoms with Crippen LogP contribution in [0.1, 0.15) is 32.9 Å². The molecule has 1 aromatic heterocycles. The van der Waals surface area contributed by atoms with Crippen molar-refractivity contribution in [1.29, 1.82) is 0 Å². The summed E-state index contributed by atoms with van der Waals surface area (Å²) in [4.78, 5) is 6.86. The summed E-state index contributed by atoms with van der Waals surface area (Å²) in [5.41, 5.74) is -0.947. The smallest absolute Gasteiger partial charge is 0.370 e. The molecule has 1 N–H and O–H groups in total. The van der Waals surface area contributed by atoms with E-state index in [4.69, 9.17) is 11.6 Å². The van der Waals surface area contributed by atoms with Crippen molar-refractivity contribution in [1.82, 2.24) is 9.97 Å². The summed E-state index contributed by atoms with van der Waals surface area (Å²) in [5, 5.41) is 2.41. The highest BCUT2D eigenvalue weighted by Gasteiger charge is 2.33. The van der Waals surface area contributed by atoms with E-state index in [9.17, 15) is 13.2 Å². The molecule has 0 aliphatic rings. The Kier molecular flexibility index (Phi) is 4.42. The number of rotatable bonds is 3. The molecule has 0 aliphatic heterocycles. The molecule has 0 aliphatic carbocycles. The van der Waals surface area contributed by atoms with Gasteiger partial charge < -0.3 is 5.32 Å². The first kappa shape index (κ1) is 15.0. The number of nitrogens with zero attached hydrogens (tertiary/aromatic N) is 2. The van der Waals surface area contributed by atoms with Gasteiger partial charge in [0.05, 0.1) is 0 Å². The van der Waals surface area contributed by atoms with Crippen molar-refractivity contribution in [3.8, 4) is 0 Å². The number of aromatic nitrogens is 2. The van der Waals surface area contributed by atoms with Crippen LogP contribution in [0.15, 0.2) is 6.07 Å². The number of alkyl halides is 3. The maximum atomic E-state index is 12.5. The molecule has 0 saturated heterocycles. The van der Waals surface area contributed by atoms with Crippen LogP contribution in [0.4, 0.5) is 19.0 Å². The van der Waals surface area contributed by atoms with E-state index in [1.807, 2.05) is 20.8 Å². The topological polar surface area (TPSA) is 37.8 Å². The molecule has 0 spiro atoms. The third-order valence-corrected chi connectivity index (χ3v) is 2.34. The minimum absolute atomic E-state index is 0.0894. The van der Waals surface area contributed by atoms with E-state index >= 15 is 0 Å². The molecule has 102 valence electrons. The molecule has 0 radical (unpaired) electrons. The quantitative estimate of drug-likeness (QED) is 0.851. The zero-order chi connectivity index (χ0) is 14.0. The van der Waals surface area contributed by atoms with Gasteiger partial charge in [-0.3, -0.25) is 0 Å². The normalized spacial score (nSPS) is 12.6. The zero-order valence-electron chi connectivity index (χ0n) is 10.4. The van der Waals surface area contributed by atoms with Crippen LogP contribution in [0.2, 0.25) is 5.28 Å². The fourth-order valence-electron chi connectivity index (χ4n) is 1.22. The second-order valence-corrected chi connectivity index (χ2v) is 5.48. The molecule has 0 atom stereocenters. The van der Waals surface area contributed by atoms with Crippen LogP contribution in [0.25, 0.3) is 0 Å². The lowest BCUT2D eigenvalue weighted by atomic mass is 9.92. The maximum absolute atomic E-state index is 12.5. The predicted octanol–water partition coefficient (Wildman–Crippen LogP) is 4.00. The summed E-state index contributed by atoms with van der Waals surface area (Å²) in [7, 11) is 0. The number of hydrogen-bond donors (Lipinski definition) is 1. The molecule has 0 saturated carbocycles. The standard InChI is InChI=1S/C11H15ClF3N3/c1-10(2,3)4-5-16-8-6-7(11(13,14)15)17-9(12)18-8/h6H,4-5H2,1-3H3,(H,16,17,18). The van der Waals surface area contributed by atoms with Gasteiger partial charge in [-0.25, -0.2) is 9.97 Å². The Bertz CT molecular complexity index is 413. The molecule has 1 heterocycles. The zero-order valence-corrected chi connectivity index (χ0v) is 11.2. The van der Waals surface area contributed by atoms with E-state index in [1.54, 1.807) is 0 Å². The number of halogens is 4. The van der Waals surface area contributed by atoms with Gasteiger partial charge in [0.15, 0.2) is 5.69 Å². The summed E-state index contributed by atoms with van der Waals surface area (Å²) < 4.78 is 37.4. The van der Waals surface area contributed by atoms with Gasteiger partial charge in [0.1, 0.15) is 5.82 Å². The Labute approximate surface area is 109 Å². The lowest BCUT2D eigenvalue weighted by molar-refractivity contribution is -0.141. The molecule has 0 bridgehead atoms. The molecule has 1 rings (SSSR count). The van der Waals surface area contributed by atoms with Crippen LogP contribution in [0.5, 0.6) is 0 Å². The largest absolute Gasteiger partial charge is 0.433 e. The van der Waals surface area contributed by atoms with Crippen molar-refractivity contribution < 1.29 is 13.2 Å². The summed E-state index contributed by atoms with van der Waals surface area (Å²) in [6, 6.07) is 0.856. The van der Waals surface area contributed by atoms with Crippen molar-refractivity contribution in [2.75, 3.05) is 11.9 Å². The van der Waals surface area contributed by atoms with Gasteiger partial charge in [-0.15, -0.1) is 0 Å². The van der Waals surface area contributed by atoms with Crippen LogP contribution in [-0.4, -0.2) is 16.5 Å². The van der Waals surface area contributed by atoms with Crippen molar-refractivity contribution in [2.45, 2.75) is 33.4 Å². The van der Waals surface area contributed by atoms with Crippen LogP contribution >= 0.6 is 11.6 Å². The Morgan fingerprint density at radius 2 is 1.83 bits per heavy atom. The van der Waals surface area contributed by atoms with E-state index in [2.05, 4.69) is 15.3 Å². The summed E-state index contributed by atoms with van der Waals surface area (Å²) in [6.45, 7) is 6.66. The number of nitrogens with one attached hydrogen (secondary N) is 1. The second kappa shape index (κ2) is 5.30. The van der Waals surface area contributed by atoms with Gasteiger partial charge in [0.25, 0.3) is 0 Å². The molecular formula is C11H15ClF3N3. The highest BCUT2D eigenvalue weighted by atomic mass is 35.5. The lowest BCUT2D eigenvalue weighted by Crippen LogP contribution is -2.15. The molecule has 0 fully saturated rings. The average Bonchev–Trinajstić information content (AvgIpc) is 2.13. The molecular weight excluding hydrogens is 267 g/mol. The van der Waals surface area contributed by atoms with Gasteiger partial charge in [-0.2, -0.15) is 13.2 Å². The minimum Gasteiger partial charge on any atom is -0.370 e. The van der Waals surface area contributed by atoms with Gasteiger partial charge in [-0.1, -0.05) is 20.8 Å². The van der Waals surface area contributed by atoms with Crippen LogP contribution in [0.3, 0.4) is 0 Å². The van der Waals surface area contributed by atoms with Crippen molar-refractivity contribution in [3.05, 3.63) is 17.0 Å². The first-order valence-corrected chi connectivity index (χ1v) is 5.81. The van der Waals surface area contributed by atoms with E-state index in [0.29, 0.717) is 6.54 Å². The third-order valence-electron chi connectivity index (χ3n) is 2.17. The average molecular weight is 282 g/mol. The summed E-state index contributed by atoms with van der Waals surface area (Å²) in [6.07, 6.45) is -3.72. The number of anilines is 1. The van der Waals surface area contributed by atoms with Crippen LogP contribution in [-0.2, 0) is 6.18 Å². The maximum Gasteiger partial charge on any atom is 0.433 e. The van der Waals surface area contributed by atoms with Crippen molar-refractivity contribution in [2.24, 2.45) is 5.41 Å². The summed E-state index contributed by atoms with van der Waals surface area (Å²) in [5.74, 6) is 0.0894. The first-order chi connectivity index (χ1) is 8.08. The van der Waals surface area contributed by atoms with Gasteiger partial charge in [0.2, 0.25) is 5.28 Å². The highest BCUT2D eigenvalue weighted by molar-refractivity contribution is 6.28. The Balaban J connectivity index is 2.75. The van der Waals surface area contributed by atoms with Crippen molar-refractivity contribution in [3.63, 3.8) is 0 Å². The van der Waals surface area contributed by atoms with E-state index < -0.39 is 17.2 Å². The van der Waals surface area contributed by atoms with Gasteiger partial charge >= 0.3 is 6.18 Å². The predicted molar refractivity (Wildman–Crippen MR) is 64.6 cm³/mol. The Morgan fingerprint density at radius 3 is 2.33 bits per heavy atom. The van der Waals surface area contributed by atoms with Gasteiger partial charge in [0, 0.05) is 12.6 Å². The fourth-order valence-corrected chi connectivity index (χ4v) is 1.40. The summed E-state index contributed by atoms with van der Waals surface area (Å²) >= 11 is 5.46. The van der Waals surface area contributed by atoms with Gasteiger partial charge in [-0.05, 0) is 23.4 Å². The van der Waals surface area contributed by atoms with Crippen LogP contribution in [0, 0.1) is 5.41 Å². The third kappa shape index (κ3) is 5.08. The van der Waals surface area contributed by atoms with E-state index in [0.717, 1.165) is 12.5 Å². The number of hydrogen-bond acceptors (Lipinski definition) is 3. The SMILES string of the molecule is CC(C)(C)CCNc1cc(C(F)(F)F)nc(Cl)n1. The second-order valence-electron chi connectivity index (χ2n) is 5.14. The molecule has 0 amide bonds. The highest BCUT2D eigenvalue weighted by Crippen LogP contribution is 2.29. The molecule has 1 aromatic rings. The van der Waals surface area contributed by atoms with Crippen LogP contribution < -0.4 is 5.32 Å². The monoisotopic (exact) mass is 281 g/mol. The Hall–Kier alpha value is -1.04. The molecule has 0 unspecified atom stereocenters. The minimum atomic E-state index is -4.52. The van der Waals surface area contributed by atoms with Crippen molar-refractivity contribution >= 4 is 17.4 Å². The Morgan fingerprint density at radius 1 is 1.22 bits per heavy atom. The first-order valence-electron chi connectivity index (χ1n) is 5.43. The molecule has 18 heavy (non-hydrogen) atoms. The van der Waals surface area contributed by atoms with E-state index in [-0.39, 0.29) is 11.2 Å². The fraction of sp³-hybridized carbons (Fsp3) is 0.636. The van der Waals surface area contributed by atoms with E-state index in [1.165, 1.54) is 0 Å². The molecule has 3 nitrogen and oxygen atoms in total. The molecule has 7 heteroatoms. The molecule has 0 aromatic carbocycles.